The van der Waals surface area contributed by atoms with Crippen LogP contribution in [0.3, 0.4) is 0 Å². The number of thioether (sulfide) groups is 1. The van der Waals surface area contributed by atoms with Crippen LogP contribution in [0.2, 0.25) is 0 Å². The van der Waals surface area contributed by atoms with Gasteiger partial charge in [-0.2, -0.15) is 0 Å². The number of nitrogens with one attached hydrogen (secondary N) is 2. The summed E-state index contributed by atoms with van der Waals surface area (Å²) >= 11 is 1.82. The Morgan fingerprint density at radius 3 is 2.64 bits per heavy atom. The summed E-state index contributed by atoms with van der Waals surface area (Å²) in [6, 6.07) is 11.7. The maximum Gasteiger partial charge on any atom is 0.220 e. The van der Waals surface area contributed by atoms with E-state index in [0.717, 1.165) is 6.54 Å². The van der Waals surface area contributed by atoms with E-state index < -0.39 is 0 Å². The predicted octanol–water partition coefficient (Wildman–Crippen LogP) is 3.20. The topological polar surface area (TPSA) is 41.1 Å². The maximum atomic E-state index is 12.2. The lowest BCUT2D eigenvalue weighted by Gasteiger charge is -2.28. The summed E-state index contributed by atoms with van der Waals surface area (Å²) in [6.45, 7) is 2.92. The van der Waals surface area contributed by atoms with Crippen LogP contribution >= 0.6 is 11.8 Å². The second-order valence-electron chi connectivity index (χ2n) is 6.73. The first kappa shape index (κ1) is 15.9. The second-order valence-corrected chi connectivity index (χ2v) is 8.24. The van der Waals surface area contributed by atoms with Crippen LogP contribution in [0.25, 0.3) is 0 Å². The lowest BCUT2D eigenvalue weighted by molar-refractivity contribution is -0.122. The number of hydrogen-bond acceptors (Lipinski definition) is 3. The molecule has 0 aromatic heterocycles. The number of hydrogen-bond donors (Lipinski definition) is 2. The molecule has 2 aliphatic rings. The second kappa shape index (κ2) is 7.51. The van der Waals surface area contributed by atoms with Crippen molar-refractivity contribution in [1.82, 2.24) is 10.6 Å². The molecule has 3 rings (SSSR count). The first-order chi connectivity index (χ1) is 10.7. The number of carbonyl (C=O) groups is 1. The molecule has 120 valence electrons. The Morgan fingerprint density at radius 2 is 1.95 bits per heavy atom. The number of fused-ring (bicyclic) bond motifs is 2. The van der Waals surface area contributed by atoms with Gasteiger partial charge < -0.3 is 10.6 Å². The molecule has 22 heavy (non-hydrogen) atoms. The summed E-state index contributed by atoms with van der Waals surface area (Å²) in [6.07, 6.45) is 5.66. The Labute approximate surface area is 137 Å². The van der Waals surface area contributed by atoms with Gasteiger partial charge in [0.1, 0.15) is 0 Å². The van der Waals surface area contributed by atoms with Crippen molar-refractivity contribution >= 4 is 17.7 Å². The third-order valence-electron chi connectivity index (χ3n) is 4.71. The summed E-state index contributed by atoms with van der Waals surface area (Å²) in [5.41, 5.74) is 0. The van der Waals surface area contributed by atoms with Crippen molar-refractivity contribution in [2.24, 2.45) is 5.92 Å². The molecule has 1 amide bonds. The molecular weight excluding hydrogens is 292 g/mol. The summed E-state index contributed by atoms with van der Waals surface area (Å²) in [5.74, 6) is 0.808. The van der Waals surface area contributed by atoms with Crippen LogP contribution in [0.4, 0.5) is 0 Å². The van der Waals surface area contributed by atoms with E-state index >= 15 is 0 Å². The highest BCUT2D eigenvalue weighted by Gasteiger charge is 2.34. The molecule has 0 saturated carbocycles. The van der Waals surface area contributed by atoms with Gasteiger partial charge in [-0.05, 0) is 43.7 Å². The van der Waals surface area contributed by atoms with Crippen molar-refractivity contribution in [2.75, 3.05) is 6.54 Å². The van der Waals surface area contributed by atoms with Crippen LogP contribution in [0, 0.1) is 5.92 Å². The van der Waals surface area contributed by atoms with Crippen LogP contribution < -0.4 is 10.6 Å². The van der Waals surface area contributed by atoms with Crippen LogP contribution in [0.15, 0.2) is 35.2 Å². The standard InChI is InChI=1S/C18H26N2OS/c1-13(22-17-5-3-2-4-6-17)12-19-18(21)11-14-9-15-7-8-16(10-14)20-15/h2-6,13-16,20H,7-12H2,1H3,(H,19,21). The van der Waals surface area contributed by atoms with Gasteiger partial charge in [0.05, 0.1) is 0 Å². The van der Waals surface area contributed by atoms with E-state index in [4.69, 9.17) is 0 Å². The minimum absolute atomic E-state index is 0.229. The van der Waals surface area contributed by atoms with Gasteiger partial charge in [0.2, 0.25) is 5.91 Å². The molecule has 1 aromatic rings. The number of carbonyl (C=O) groups excluding carboxylic acids is 1. The molecule has 0 spiro atoms. The van der Waals surface area contributed by atoms with Crippen LogP contribution in [-0.4, -0.2) is 29.8 Å². The zero-order valence-electron chi connectivity index (χ0n) is 13.3. The normalized spacial score (nSPS) is 28.3. The van der Waals surface area contributed by atoms with Crippen molar-refractivity contribution in [3.8, 4) is 0 Å². The quantitative estimate of drug-likeness (QED) is 0.791. The molecule has 3 nitrogen and oxygen atoms in total. The Kier molecular flexibility index (Phi) is 5.42. The first-order valence-electron chi connectivity index (χ1n) is 8.43. The lowest BCUT2D eigenvalue weighted by atomic mass is 9.89. The molecule has 4 heteroatoms. The smallest absolute Gasteiger partial charge is 0.220 e. The molecule has 3 unspecified atom stereocenters. The third-order valence-corrected chi connectivity index (χ3v) is 5.83. The molecule has 2 fully saturated rings. The van der Waals surface area contributed by atoms with Crippen LogP contribution in [0.1, 0.15) is 39.0 Å². The Hall–Kier alpha value is -1.00. The van der Waals surface area contributed by atoms with Gasteiger partial charge >= 0.3 is 0 Å². The summed E-state index contributed by atoms with van der Waals surface area (Å²) in [5, 5.41) is 7.15. The van der Waals surface area contributed by atoms with E-state index in [9.17, 15) is 4.79 Å². The number of piperidine rings is 1. The van der Waals surface area contributed by atoms with Gasteiger partial charge in [0.15, 0.2) is 0 Å². The Balaban J connectivity index is 1.37. The molecule has 3 atom stereocenters. The average molecular weight is 318 g/mol. The van der Waals surface area contributed by atoms with E-state index in [0.29, 0.717) is 29.7 Å². The highest BCUT2D eigenvalue weighted by Crippen LogP contribution is 2.32. The molecule has 2 heterocycles. The number of benzene rings is 1. The van der Waals surface area contributed by atoms with E-state index in [-0.39, 0.29) is 5.91 Å². The fourth-order valence-corrected chi connectivity index (χ4v) is 4.65. The average Bonchev–Trinajstić information content (AvgIpc) is 2.85. The largest absolute Gasteiger partial charge is 0.355 e. The molecule has 1 aromatic carbocycles. The monoisotopic (exact) mass is 318 g/mol. The van der Waals surface area contributed by atoms with E-state index in [1.54, 1.807) is 0 Å². The van der Waals surface area contributed by atoms with Crippen molar-refractivity contribution in [1.29, 1.82) is 0 Å². The fraction of sp³-hybridized carbons (Fsp3) is 0.611. The Morgan fingerprint density at radius 1 is 1.27 bits per heavy atom. The molecule has 2 aliphatic heterocycles. The molecule has 2 saturated heterocycles. The molecule has 0 aliphatic carbocycles. The molecule has 2 bridgehead atoms. The van der Waals surface area contributed by atoms with Crippen molar-refractivity contribution in [2.45, 2.75) is 61.3 Å². The van der Waals surface area contributed by atoms with Crippen molar-refractivity contribution in [3.63, 3.8) is 0 Å². The predicted molar refractivity (Wildman–Crippen MR) is 92.1 cm³/mol. The number of rotatable bonds is 6. The van der Waals surface area contributed by atoms with Crippen LogP contribution in [0.5, 0.6) is 0 Å². The minimum atomic E-state index is 0.229. The molecule has 0 radical (unpaired) electrons. The summed E-state index contributed by atoms with van der Waals surface area (Å²) < 4.78 is 0. The van der Waals surface area contributed by atoms with Gasteiger partial charge in [-0.1, -0.05) is 25.1 Å². The lowest BCUT2D eigenvalue weighted by Crippen LogP contribution is -2.40. The van der Waals surface area contributed by atoms with Crippen LogP contribution in [-0.2, 0) is 4.79 Å². The van der Waals surface area contributed by atoms with E-state index in [1.165, 1.54) is 30.6 Å². The Bertz CT molecular complexity index is 481. The fourth-order valence-electron chi connectivity index (χ4n) is 3.71. The highest BCUT2D eigenvalue weighted by atomic mass is 32.2. The van der Waals surface area contributed by atoms with E-state index in [1.807, 2.05) is 17.8 Å². The van der Waals surface area contributed by atoms with Gasteiger partial charge in [0.25, 0.3) is 0 Å². The van der Waals surface area contributed by atoms with Gasteiger partial charge in [-0.15, -0.1) is 11.8 Å². The molecule has 2 N–H and O–H groups in total. The zero-order valence-corrected chi connectivity index (χ0v) is 14.1. The van der Waals surface area contributed by atoms with E-state index in [2.05, 4.69) is 41.8 Å². The minimum Gasteiger partial charge on any atom is -0.355 e. The summed E-state index contributed by atoms with van der Waals surface area (Å²) in [4.78, 5) is 13.4. The maximum absolute atomic E-state index is 12.2. The number of amides is 1. The van der Waals surface area contributed by atoms with Gasteiger partial charge in [-0.25, -0.2) is 0 Å². The first-order valence-corrected chi connectivity index (χ1v) is 9.31. The molecular formula is C18H26N2OS. The third kappa shape index (κ3) is 4.50. The van der Waals surface area contributed by atoms with Gasteiger partial charge in [-0.3, -0.25) is 4.79 Å². The SMILES string of the molecule is CC(CNC(=O)CC1CC2CCC(C1)N2)Sc1ccccc1. The van der Waals surface area contributed by atoms with Crippen molar-refractivity contribution < 1.29 is 4.79 Å². The highest BCUT2D eigenvalue weighted by molar-refractivity contribution is 8.00. The zero-order chi connectivity index (χ0) is 15.4. The van der Waals surface area contributed by atoms with Crippen molar-refractivity contribution in [3.05, 3.63) is 30.3 Å². The summed E-state index contributed by atoms with van der Waals surface area (Å²) in [7, 11) is 0. The van der Waals surface area contributed by atoms with Gasteiger partial charge in [0, 0.05) is 35.2 Å².